The Kier molecular flexibility index (Phi) is 5.16. The molecule has 92 valence electrons. The van der Waals surface area contributed by atoms with E-state index < -0.39 is 11.9 Å². The number of amides is 2. The smallest absolute Gasteiger partial charge is 0.237 e. The fraction of sp³-hybridized carbons (Fsp3) is 0.333. The summed E-state index contributed by atoms with van der Waals surface area (Å²) in [7, 11) is 0. The summed E-state index contributed by atoms with van der Waals surface area (Å²) >= 11 is 0. The fourth-order valence-electron chi connectivity index (χ4n) is 1.40. The van der Waals surface area contributed by atoms with E-state index in [1.165, 1.54) is 0 Å². The fourth-order valence-corrected chi connectivity index (χ4v) is 1.40. The summed E-state index contributed by atoms with van der Waals surface area (Å²) in [5.41, 5.74) is 11.7. The second-order valence-electron chi connectivity index (χ2n) is 3.81. The normalized spacial score (nSPS) is 11.8. The van der Waals surface area contributed by atoms with Crippen LogP contribution in [0.2, 0.25) is 0 Å². The number of rotatable bonds is 6. The molecule has 0 saturated heterocycles. The molecule has 0 spiro atoms. The lowest BCUT2D eigenvalue weighted by molar-refractivity contribution is -0.125. The van der Waals surface area contributed by atoms with Gasteiger partial charge in [-0.25, -0.2) is 0 Å². The van der Waals surface area contributed by atoms with E-state index >= 15 is 0 Å². The van der Waals surface area contributed by atoms with Crippen molar-refractivity contribution in [3.05, 3.63) is 35.9 Å². The van der Waals surface area contributed by atoms with E-state index in [4.69, 9.17) is 11.5 Å². The maximum Gasteiger partial charge on any atom is 0.237 e. The van der Waals surface area contributed by atoms with Crippen LogP contribution in [0.4, 0.5) is 0 Å². The summed E-state index contributed by atoms with van der Waals surface area (Å²) in [5, 5.41) is 2.38. The molecule has 0 heterocycles. The molecule has 2 amide bonds. The van der Waals surface area contributed by atoms with Gasteiger partial charge in [-0.15, -0.1) is 0 Å². The van der Waals surface area contributed by atoms with Gasteiger partial charge in [0.2, 0.25) is 11.8 Å². The van der Waals surface area contributed by atoms with Crippen LogP contribution in [0.3, 0.4) is 0 Å². The molecule has 0 saturated carbocycles. The molecule has 0 aliphatic rings. The van der Waals surface area contributed by atoms with Crippen molar-refractivity contribution in [1.82, 2.24) is 5.32 Å². The van der Waals surface area contributed by atoms with Crippen LogP contribution >= 0.6 is 0 Å². The topological polar surface area (TPSA) is 98.2 Å². The summed E-state index contributed by atoms with van der Waals surface area (Å²) in [6.07, 6.45) is 1.26. The first-order chi connectivity index (χ1) is 8.09. The first kappa shape index (κ1) is 13.2. The molecule has 1 aromatic carbocycles. The van der Waals surface area contributed by atoms with Gasteiger partial charge in [-0.3, -0.25) is 9.59 Å². The molecule has 0 aromatic heterocycles. The van der Waals surface area contributed by atoms with Gasteiger partial charge >= 0.3 is 0 Å². The van der Waals surface area contributed by atoms with Gasteiger partial charge in [0.05, 0.1) is 12.6 Å². The highest BCUT2D eigenvalue weighted by Crippen LogP contribution is 2.03. The number of carbonyl (C=O) groups excluding carboxylic acids is 2. The first-order valence-electron chi connectivity index (χ1n) is 5.45. The van der Waals surface area contributed by atoms with E-state index in [0.29, 0.717) is 6.42 Å². The van der Waals surface area contributed by atoms with Gasteiger partial charge in [0.15, 0.2) is 0 Å². The highest BCUT2D eigenvalue weighted by Gasteiger charge is 2.13. The molecule has 1 rings (SSSR count). The van der Waals surface area contributed by atoms with Gasteiger partial charge < -0.3 is 16.8 Å². The molecule has 5 heteroatoms. The summed E-state index contributed by atoms with van der Waals surface area (Å²) < 4.78 is 0. The Morgan fingerprint density at radius 1 is 1.24 bits per heavy atom. The van der Waals surface area contributed by atoms with Crippen molar-refractivity contribution < 1.29 is 9.59 Å². The van der Waals surface area contributed by atoms with Gasteiger partial charge in [0.1, 0.15) is 0 Å². The Bertz CT molecular complexity index is 379. The largest absolute Gasteiger partial charge is 0.368 e. The van der Waals surface area contributed by atoms with Gasteiger partial charge in [0, 0.05) is 0 Å². The van der Waals surface area contributed by atoms with E-state index in [-0.39, 0.29) is 12.5 Å². The lowest BCUT2D eigenvalue weighted by Crippen LogP contribution is -2.44. The minimum absolute atomic E-state index is 0.169. The summed E-state index contributed by atoms with van der Waals surface area (Å²) in [4.78, 5) is 21.9. The third-order valence-corrected chi connectivity index (χ3v) is 2.36. The zero-order valence-electron chi connectivity index (χ0n) is 9.56. The average molecular weight is 235 g/mol. The van der Waals surface area contributed by atoms with Gasteiger partial charge in [0.25, 0.3) is 0 Å². The van der Waals surface area contributed by atoms with Crippen molar-refractivity contribution in [2.24, 2.45) is 11.5 Å². The number of nitrogens with two attached hydrogens (primary N) is 2. The second-order valence-corrected chi connectivity index (χ2v) is 3.81. The number of nitrogens with one attached hydrogen (secondary N) is 1. The lowest BCUT2D eigenvalue weighted by atomic mass is 10.1. The van der Waals surface area contributed by atoms with Crippen molar-refractivity contribution in [1.29, 1.82) is 0 Å². The van der Waals surface area contributed by atoms with Crippen molar-refractivity contribution in [2.45, 2.75) is 18.9 Å². The van der Waals surface area contributed by atoms with E-state index in [9.17, 15) is 9.59 Å². The molecule has 1 atom stereocenters. The quantitative estimate of drug-likeness (QED) is 0.622. The maximum atomic E-state index is 11.4. The SMILES string of the molecule is NC(=O)CNC(=O)C(N)CCc1ccccc1. The molecule has 17 heavy (non-hydrogen) atoms. The summed E-state index contributed by atoms with van der Waals surface area (Å²) in [6.45, 7) is -0.169. The van der Waals surface area contributed by atoms with Crippen LogP contribution in [0, 0.1) is 0 Å². The van der Waals surface area contributed by atoms with Crippen LogP contribution in [-0.2, 0) is 16.0 Å². The average Bonchev–Trinajstić information content (AvgIpc) is 2.34. The molecule has 0 aliphatic heterocycles. The first-order valence-corrected chi connectivity index (χ1v) is 5.45. The summed E-state index contributed by atoms with van der Waals surface area (Å²) in [5.74, 6) is -0.923. The lowest BCUT2D eigenvalue weighted by Gasteiger charge is -2.11. The molecule has 0 bridgehead atoms. The molecule has 0 aliphatic carbocycles. The standard InChI is InChI=1S/C12H17N3O2/c13-10(12(17)15-8-11(14)16)7-6-9-4-2-1-3-5-9/h1-5,10H,6-8,13H2,(H2,14,16)(H,15,17). The maximum absolute atomic E-state index is 11.4. The molecule has 1 aromatic rings. The molecule has 5 nitrogen and oxygen atoms in total. The Morgan fingerprint density at radius 2 is 1.88 bits per heavy atom. The van der Waals surface area contributed by atoms with Gasteiger partial charge in [-0.1, -0.05) is 30.3 Å². The van der Waals surface area contributed by atoms with Crippen LogP contribution in [-0.4, -0.2) is 24.4 Å². The van der Waals surface area contributed by atoms with Crippen LogP contribution in [0.25, 0.3) is 0 Å². The van der Waals surface area contributed by atoms with E-state index in [1.807, 2.05) is 30.3 Å². The Morgan fingerprint density at radius 3 is 2.47 bits per heavy atom. The van der Waals surface area contributed by atoms with Crippen LogP contribution in [0.5, 0.6) is 0 Å². The van der Waals surface area contributed by atoms with Crippen molar-refractivity contribution in [2.75, 3.05) is 6.54 Å². The summed E-state index contributed by atoms with van der Waals surface area (Å²) in [6, 6.07) is 9.15. The molecular weight excluding hydrogens is 218 g/mol. The number of benzene rings is 1. The molecule has 0 radical (unpaired) electrons. The predicted molar refractivity (Wildman–Crippen MR) is 64.9 cm³/mol. The third kappa shape index (κ3) is 5.12. The van der Waals surface area contributed by atoms with E-state index in [1.54, 1.807) is 0 Å². The Hall–Kier alpha value is -1.88. The van der Waals surface area contributed by atoms with E-state index in [0.717, 1.165) is 12.0 Å². The van der Waals surface area contributed by atoms with Gasteiger partial charge in [-0.05, 0) is 18.4 Å². The molecular formula is C12H17N3O2. The number of hydrogen-bond donors (Lipinski definition) is 3. The predicted octanol–water partition coefficient (Wildman–Crippen LogP) is -0.452. The Labute approximate surface area is 100 Å². The number of carbonyl (C=O) groups is 2. The Balaban J connectivity index is 2.31. The zero-order chi connectivity index (χ0) is 12.7. The van der Waals surface area contributed by atoms with E-state index in [2.05, 4.69) is 5.32 Å². The molecule has 1 unspecified atom stereocenters. The van der Waals surface area contributed by atoms with Gasteiger partial charge in [-0.2, -0.15) is 0 Å². The second kappa shape index (κ2) is 6.65. The highest BCUT2D eigenvalue weighted by molar-refractivity contribution is 5.86. The highest BCUT2D eigenvalue weighted by atomic mass is 16.2. The minimum Gasteiger partial charge on any atom is -0.368 e. The third-order valence-electron chi connectivity index (χ3n) is 2.36. The molecule has 0 fully saturated rings. The van der Waals surface area contributed by atoms with Crippen LogP contribution < -0.4 is 16.8 Å². The van der Waals surface area contributed by atoms with Crippen molar-refractivity contribution in [3.63, 3.8) is 0 Å². The zero-order valence-corrected chi connectivity index (χ0v) is 9.56. The number of primary amides is 1. The van der Waals surface area contributed by atoms with Crippen LogP contribution in [0.15, 0.2) is 30.3 Å². The number of aryl methyl sites for hydroxylation is 1. The number of hydrogen-bond acceptors (Lipinski definition) is 3. The van der Waals surface area contributed by atoms with Crippen molar-refractivity contribution >= 4 is 11.8 Å². The van der Waals surface area contributed by atoms with Crippen LogP contribution in [0.1, 0.15) is 12.0 Å². The molecule has 5 N–H and O–H groups in total. The van der Waals surface area contributed by atoms with Crippen molar-refractivity contribution in [3.8, 4) is 0 Å². The monoisotopic (exact) mass is 235 g/mol. The minimum atomic E-state index is -0.616.